The van der Waals surface area contributed by atoms with Gasteiger partial charge in [-0.2, -0.15) is 0 Å². The summed E-state index contributed by atoms with van der Waals surface area (Å²) >= 11 is 0. The molecule has 0 saturated carbocycles. The van der Waals surface area contributed by atoms with Gasteiger partial charge in [-0.25, -0.2) is 0 Å². The molecule has 1 heterocycles. The van der Waals surface area contributed by atoms with Gasteiger partial charge in [0, 0.05) is 5.82 Å². The van der Waals surface area contributed by atoms with Crippen LogP contribution in [0.25, 0.3) is 0 Å². The van der Waals surface area contributed by atoms with E-state index >= 15 is 0 Å². The van der Waals surface area contributed by atoms with Crippen LogP contribution in [0.3, 0.4) is 0 Å². The van der Waals surface area contributed by atoms with Gasteiger partial charge in [0.25, 0.3) is 0 Å². The van der Waals surface area contributed by atoms with E-state index in [1.165, 1.54) is 0 Å². The minimum Gasteiger partial charge on any atom is -0.335 e. The third kappa shape index (κ3) is 0.678. The van der Waals surface area contributed by atoms with E-state index in [2.05, 4.69) is 20.6 Å². The van der Waals surface area contributed by atoms with Gasteiger partial charge in [-0.1, -0.05) is 0 Å². The summed E-state index contributed by atoms with van der Waals surface area (Å²) in [5.74, 6) is 0.620. The molecule has 0 aromatic carbocycles. The fraction of sp³-hybridized carbons (Fsp3) is 0.500. The van der Waals surface area contributed by atoms with E-state index < -0.39 is 0 Å². The van der Waals surface area contributed by atoms with E-state index in [1.807, 2.05) is 0 Å². The van der Waals surface area contributed by atoms with Gasteiger partial charge in [0.05, 0.1) is 0 Å². The Balaban J connectivity index is 0.000000360. The predicted molar refractivity (Wildman–Crippen MR) is 17.9 cm³/mol. The molecule has 0 unspecified atom stereocenters. The first-order chi connectivity index (χ1) is 2.89. The van der Waals surface area contributed by atoms with Gasteiger partial charge in [0.1, 0.15) is 0 Å². The minimum absolute atomic E-state index is 0. The zero-order chi connectivity index (χ0) is 4.41. The van der Waals surface area contributed by atoms with Crippen molar-refractivity contribution in [2.45, 2.75) is 6.92 Å². The van der Waals surface area contributed by atoms with Crippen LogP contribution in [-0.2, 0) is 0 Å². The number of rotatable bonds is 0. The zero-order valence-electron chi connectivity index (χ0n) is 4.00. The van der Waals surface area contributed by atoms with Gasteiger partial charge in [-0.05, 0) is 6.92 Å². The average molecular weight is 350 g/mol. The average Bonchev–Trinajstić information content (AvgIpc) is 1.86. The van der Waals surface area contributed by atoms with Crippen LogP contribution in [-0.4, -0.2) is 15.4 Å². The van der Waals surface area contributed by atoms with Crippen LogP contribution < -0.4 is 5.21 Å². The molecule has 7 heavy (non-hydrogen) atoms. The molecule has 0 atom stereocenters. The number of hydrogen-bond acceptors (Lipinski definition) is 3. The monoisotopic (exact) mass is 350 g/mol. The molecular formula is C2H3N4Rf-. The van der Waals surface area contributed by atoms with E-state index in [1.54, 1.807) is 6.92 Å². The zero-order valence-corrected chi connectivity index (χ0v) is 10.4. The molecule has 34 valence electrons. The predicted octanol–water partition coefficient (Wildman–Crippen LogP) is -0.863. The van der Waals surface area contributed by atoms with E-state index in [-0.39, 0.29) is 0 Å². The third-order valence-electron chi connectivity index (χ3n) is 0.419. The summed E-state index contributed by atoms with van der Waals surface area (Å²) < 4.78 is 0. The van der Waals surface area contributed by atoms with Crippen molar-refractivity contribution >= 4 is 0 Å². The summed E-state index contributed by atoms with van der Waals surface area (Å²) in [5, 5.41) is 13.3. The second kappa shape index (κ2) is 1.49. The summed E-state index contributed by atoms with van der Waals surface area (Å²) in [5.41, 5.74) is 0. The molecule has 0 radical (unpaired) electrons. The second-order valence-corrected chi connectivity index (χ2v) is 0.926. The largest absolute Gasteiger partial charge is 0.335 e. The molecule has 0 N–H and O–H groups in total. The van der Waals surface area contributed by atoms with Crippen molar-refractivity contribution < 1.29 is 0 Å². The number of aryl methyl sites for hydroxylation is 1. The van der Waals surface area contributed by atoms with Crippen molar-refractivity contribution in [2.24, 2.45) is 0 Å². The first-order valence-electron chi connectivity index (χ1n) is 1.55. The number of aromatic nitrogens is 4. The van der Waals surface area contributed by atoms with Gasteiger partial charge >= 0.3 is 0 Å². The summed E-state index contributed by atoms with van der Waals surface area (Å²) in [7, 11) is 0. The van der Waals surface area contributed by atoms with Gasteiger partial charge in [-0.15, -0.1) is 0 Å². The van der Waals surface area contributed by atoms with Crippen molar-refractivity contribution in [3.8, 4) is 0 Å². The van der Waals surface area contributed by atoms with Gasteiger partial charge in [0.2, 0.25) is 0 Å². The van der Waals surface area contributed by atoms with Crippen LogP contribution in [0.4, 0.5) is 0 Å². The van der Waals surface area contributed by atoms with E-state index in [0.29, 0.717) is 5.82 Å². The molecule has 0 amide bonds. The summed E-state index contributed by atoms with van der Waals surface area (Å²) in [4.78, 5) is 0. The molecule has 5 heteroatoms. The fourth-order valence-electron chi connectivity index (χ4n) is 0.189. The van der Waals surface area contributed by atoms with Crippen LogP contribution in [0.15, 0.2) is 0 Å². The first-order valence-corrected chi connectivity index (χ1v) is 1.55. The SMILES string of the molecule is Cc1nn[n-]n1.[Rf]. The Bertz CT molecular complexity index is 113. The van der Waals surface area contributed by atoms with Crippen molar-refractivity contribution in [2.75, 3.05) is 0 Å². The van der Waals surface area contributed by atoms with Crippen LogP contribution in [0.2, 0.25) is 0 Å². The maximum absolute atomic E-state index is 3.44. The van der Waals surface area contributed by atoms with Crippen molar-refractivity contribution in [3.05, 3.63) is 5.82 Å². The van der Waals surface area contributed by atoms with E-state index in [4.69, 9.17) is 0 Å². The van der Waals surface area contributed by atoms with Crippen molar-refractivity contribution in [1.29, 1.82) is 0 Å². The van der Waals surface area contributed by atoms with Crippen molar-refractivity contribution in [3.63, 3.8) is 0 Å². The topological polar surface area (TPSA) is 52.8 Å². The number of tetrazole rings is 1. The third-order valence-corrected chi connectivity index (χ3v) is 0.419. The maximum Gasteiger partial charge on any atom is 0.0393 e. The fourth-order valence-corrected chi connectivity index (χ4v) is 0.189. The smallest absolute Gasteiger partial charge is 0.0393 e. The maximum atomic E-state index is 3.44. The van der Waals surface area contributed by atoms with Crippen molar-refractivity contribution in [1.82, 2.24) is 20.6 Å². The minimum atomic E-state index is 0. The molecule has 0 saturated heterocycles. The molecule has 0 aliphatic carbocycles. The quantitative estimate of drug-likeness (QED) is 0.611. The van der Waals surface area contributed by atoms with Crippen LogP contribution in [0.1, 0.15) is 5.82 Å². The molecule has 0 spiro atoms. The molecule has 0 aliphatic heterocycles. The molecule has 1 aromatic rings. The summed E-state index contributed by atoms with van der Waals surface area (Å²) in [6.45, 7) is 1.74. The standard InChI is InChI=1S/C2H3N4.Rf/c1-2-3-5-6-4-2;/h1H3;/q-1;. The Kier molecular flexibility index (Phi) is 1.08. The van der Waals surface area contributed by atoms with E-state index in [9.17, 15) is 0 Å². The van der Waals surface area contributed by atoms with E-state index in [0.717, 1.165) is 0 Å². The molecule has 1 rings (SSSR count). The molecule has 0 fully saturated rings. The summed E-state index contributed by atoms with van der Waals surface area (Å²) in [6.07, 6.45) is 0. The Morgan fingerprint density at radius 1 is 1.57 bits per heavy atom. The molecule has 1 aromatic heterocycles. The normalized spacial score (nSPS) is 7.57. The Morgan fingerprint density at radius 3 is 2.43 bits per heavy atom. The Hall–Kier alpha value is -1.93. The van der Waals surface area contributed by atoms with Gasteiger partial charge in [0.15, 0.2) is 0 Å². The number of hydrogen-bond donors (Lipinski definition) is 0. The molecule has 0 bridgehead atoms. The van der Waals surface area contributed by atoms with Crippen LogP contribution in [0, 0.1) is 6.92 Å². The second-order valence-electron chi connectivity index (χ2n) is 0.926. The van der Waals surface area contributed by atoms with Gasteiger partial charge < -0.3 is 5.10 Å². The Labute approximate surface area is 34.6 Å². The van der Waals surface area contributed by atoms with Crippen LogP contribution in [0.5, 0.6) is 0 Å². The number of nitrogens with zero attached hydrogens (tertiary/aromatic N) is 4. The Morgan fingerprint density at radius 2 is 2.29 bits per heavy atom. The molecule has 0 aliphatic rings. The molecule has 4 nitrogen and oxygen atoms in total. The van der Waals surface area contributed by atoms with Gasteiger partial charge in [-0.3, -0.25) is 15.5 Å². The summed E-state index contributed by atoms with van der Waals surface area (Å²) in [6, 6.07) is 0. The van der Waals surface area contributed by atoms with Crippen LogP contribution >= 0.6 is 0 Å². The first kappa shape index (κ1) is 5.07. The molecular weight excluding hydrogens is 347 g/mol.